The predicted molar refractivity (Wildman–Crippen MR) is 347 cm³/mol. The van der Waals surface area contributed by atoms with Gasteiger partial charge < -0.3 is 4.90 Å². The van der Waals surface area contributed by atoms with E-state index in [1.807, 2.05) is 23.5 Å². The lowest BCUT2D eigenvalue weighted by molar-refractivity contribution is 0.722. The van der Waals surface area contributed by atoms with Gasteiger partial charge in [0.05, 0.1) is 27.6 Å². The van der Waals surface area contributed by atoms with Crippen LogP contribution >= 0.6 is 23.5 Å². The second-order valence-corrected chi connectivity index (χ2v) is 25.0. The van der Waals surface area contributed by atoms with Gasteiger partial charge in [-0.3, -0.25) is 0 Å². The minimum absolute atomic E-state index is 0.528. The van der Waals surface area contributed by atoms with E-state index in [1.165, 1.54) is 125 Å². The molecular weight excluding hydrogens is 1050 g/mol. The lowest BCUT2D eigenvalue weighted by Gasteiger charge is -2.40. The van der Waals surface area contributed by atoms with Gasteiger partial charge in [-0.05, 0) is 155 Å². The minimum atomic E-state index is -0.553. The highest BCUT2D eigenvalue weighted by Gasteiger charge is 2.54. The average molecular weight is 1100 g/mol. The molecule has 0 unspecified atom stereocenters. The van der Waals surface area contributed by atoms with Crippen LogP contribution in [0.4, 0.5) is 17.1 Å². The first kappa shape index (κ1) is 47.9. The van der Waals surface area contributed by atoms with E-state index in [4.69, 9.17) is 0 Å². The third-order valence-electron chi connectivity index (χ3n) is 19.1. The van der Waals surface area contributed by atoms with E-state index in [2.05, 4.69) is 314 Å². The van der Waals surface area contributed by atoms with Gasteiger partial charge in [0.2, 0.25) is 0 Å². The van der Waals surface area contributed by atoms with Gasteiger partial charge in [-0.15, -0.1) is 0 Å². The largest absolute Gasteiger partial charge is 0.309 e. The molecule has 13 aromatic carbocycles. The molecule has 0 aromatic heterocycles. The molecule has 18 rings (SSSR count). The fourth-order valence-electron chi connectivity index (χ4n) is 16.0. The quantitative estimate of drug-likeness (QED) is 0.163. The van der Waals surface area contributed by atoms with Gasteiger partial charge >= 0.3 is 0 Å². The smallest absolute Gasteiger partial charge is 0.0736 e. The summed E-state index contributed by atoms with van der Waals surface area (Å²) < 4.78 is 0. The van der Waals surface area contributed by atoms with Gasteiger partial charge in [-0.2, -0.15) is 0 Å². The predicted octanol–water partition coefficient (Wildman–Crippen LogP) is 20.8. The van der Waals surface area contributed by atoms with E-state index >= 15 is 0 Å². The Morgan fingerprint density at radius 1 is 0.226 bits per heavy atom. The lowest BCUT2D eigenvalue weighted by atomic mass is 9.67. The molecule has 0 radical (unpaired) electrons. The van der Waals surface area contributed by atoms with Crippen molar-refractivity contribution in [2.24, 2.45) is 0 Å². The van der Waals surface area contributed by atoms with Gasteiger partial charge in [0.1, 0.15) is 0 Å². The summed E-state index contributed by atoms with van der Waals surface area (Å²) in [5.41, 5.74) is 27.3. The number of benzene rings is 13. The molecule has 1 nitrogen and oxygen atoms in total. The maximum Gasteiger partial charge on any atom is 0.0736 e. The summed E-state index contributed by atoms with van der Waals surface area (Å²) in [5.74, 6) is 0. The van der Waals surface area contributed by atoms with Crippen molar-refractivity contribution in [3.63, 3.8) is 0 Å². The molecule has 3 aliphatic carbocycles. The Balaban J connectivity index is 0.922. The van der Waals surface area contributed by atoms with Crippen molar-refractivity contribution in [1.82, 2.24) is 0 Å². The molecule has 2 heterocycles. The van der Waals surface area contributed by atoms with Gasteiger partial charge in [-0.25, -0.2) is 0 Å². The number of rotatable bonds is 6. The van der Waals surface area contributed by atoms with Crippen molar-refractivity contribution in [2.75, 3.05) is 4.90 Å². The van der Waals surface area contributed by atoms with Crippen LogP contribution in [0.15, 0.2) is 329 Å². The Bertz CT molecular complexity index is 4560. The zero-order valence-corrected chi connectivity index (χ0v) is 47.3. The number of hydrogen-bond donors (Lipinski definition) is 0. The van der Waals surface area contributed by atoms with Crippen molar-refractivity contribution < 1.29 is 0 Å². The topological polar surface area (TPSA) is 3.24 Å². The molecule has 84 heavy (non-hydrogen) atoms. The average Bonchev–Trinajstić information content (AvgIpc) is 1.71. The minimum Gasteiger partial charge on any atom is -0.309 e. The zero-order valence-electron chi connectivity index (χ0n) is 45.7. The first-order valence-corrected chi connectivity index (χ1v) is 30.8. The molecule has 0 fully saturated rings. The maximum absolute atomic E-state index is 2.64. The number of anilines is 3. The Hall–Kier alpha value is -9.64. The zero-order chi connectivity index (χ0) is 55.1. The fourth-order valence-corrected chi connectivity index (χ4v) is 18.4. The van der Waals surface area contributed by atoms with Crippen LogP contribution in [-0.2, 0) is 16.2 Å². The van der Waals surface area contributed by atoms with Crippen LogP contribution in [0.3, 0.4) is 0 Å². The van der Waals surface area contributed by atoms with E-state index in [0.717, 1.165) is 22.6 Å². The molecule has 392 valence electrons. The number of nitrogens with zero attached hydrogens (tertiary/aromatic N) is 1. The fraction of sp³-hybridized carbons (Fsp3) is 0.0370. The highest BCUT2D eigenvalue weighted by Crippen LogP contribution is 2.67. The third kappa shape index (κ3) is 6.27. The van der Waals surface area contributed by atoms with Gasteiger partial charge in [0.15, 0.2) is 0 Å². The van der Waals surface area contributed by atoms with Crippen molar-refractivity contribution >= 4 is 40.6 Å². The molecular formula is C81H51NS2. The monoisotopic (exact) mass is 1100 g/mol. The third-order valence-corrected chi connectivity index (χ3v) is 21.4. The molecule has 0 N–H and O–H groups in total. The van der Waals surface area contributed by atoms with Crippen LogP contribution in [0.5, 0.6) is 0 Å². The normalized spacial score (nSPS) is 14.9. The van der Waals surface area contributed by atoms with E-state index in [-0.39, 0.29) is 0 Å². The number of fused-ring (bicyclic) bond motifs is 21. The van der Waals surface area contributed by atoms with Gasteiger partial charge in [-0.1, -0.05) is 278 Å². The molecule has 0 atom stereocenters. The molecule has 2 spiro atoms. The summed E-state index contributed by atoms with van der Waals surface area (Å²) in [5, 5.41) is 0. The van der Waals surface area contributed by atoms with E-state index in [0.29, 0.717) is 0 Å². The van der Waals surface area contributed by atoms with Crippen LogP contribution in [0.25, 0.3) is 44.5 Å². The van der Waals surface area contributed by atoms with Crippen molar-refractivity contribution in [2.45, 2.75) is 35.8 Å². The Kier molecular flexibility index (Phi) is 10.4. The first-order valence-electron chi connectivity index (χ1n) is 29.1. The summed E-state index contributed by atoms with van der Waals surface area (Å²) in [7, 11) is 0. The summed E-state index contributed by atoms with van der Waals surface area (Å²) in [4.78, 5) is 7.82. The molecule has 0 amide bonds. The van der Waals surface area contributed by atoms with Gasteiger partial charge in [0.25, 0.3) is 0 Å². The number of hydrogen-bond acceptors (Lipinski definition) is 3. The molecule has 0 bridgehead atoms. The standard InChI is InChI=1S/C81H51NS2/c1-3-25-54(26-4-1)79(55-27-5-2-6-28-55)61-33-10-7-30-57(61)58-49-48-53(51-70(58)79)52-24-21-29-56(50-52)82(71-42-22-40-68-77(71)59-31-8-11-34-62(59)80(68)64-36-13-17-44-73(64)83-74-45-18-14-37-65(74)80)72-43-23-41-69-78(72)60-32-9-12-35-63(60)81(69)66-38-15-19-46-75(66)84-76-47-20-16-39-67(76)81/h1-51H. The Labute approximate surface area is 498 Å². The van der Waals surface area contributed by atoms with Crippen molar-refractivity contribution in [3.8, 4) is 44.5 Å². The van der Waals surface area contributed by atoms with Crippen molar-refractivity contribution in [3.05, 3.63) is 376 Å². The van der Waals surface area contributed by atoms with E-state index in [1.54, 1.807) is 0 Å². The van der Waals surface area contributed by atoms with Crippen molar-refractivity contribution in [1.29, 1.82) is 0 Å². The molecule has 3 heteroatoms. The van der Waals surface area contributed by atoms with Gasteiger partial charge in [0, 0.05) is 36.4 Å². The summed E-state index contributed by atoms with van der Waals surface area (Å²) in [6.07, 6.45) is 0. The van der Waals surface area contributed by atoms with E-state index < -0.39 is 16.2 Å². The summed E-state index contributed by atoms with van der Waals surface area (Å²) in [6, 6.07) is 117. The molecule has 13 aromatic rings. The van der Waals surface area contributed by atoms with Crippen LogP contribution in [0.1, 0.15) is 66.8 Å². The second-order valence-electron chi connectivity index (χ2n) is 22.9. The highest BCUT2D eigenvalue weighted by molar-refractivity contribution is 7.99. The molecule has 0 saturated carbocycles. The van der Waals surface area contributed by atoms with Crippen LogP contribution in [-0.4, -0.2) is 0 Å². The second kappa shape index (κ2) is 18.2. The molecule has 2 aliphatic heterocycles. The maximum atomic E-state index is 2.64. The Morgan fingerprint density at radius 3 is 1.06 bits per heavy atom. The van der Waals surface area contributed by atoms with Crippen LogP contribution in [0.2, 0.25) is 0 Å². The van der Waals surface area contributed by atoms with Crippen LogP contribution < -0.4 is 4.90 Å². The summed E-state index contributed by atoms with van der Waals surface area (Å²) in [6.45, 7) is 0. The first-order chi connectivity index (χ1) is 41.7. The van der Waals surface area contributed by atoms with E-state index in [9.17, 15) is 0 Å². The highest BCUT2D eigenvalue weighted by atomic mass is 32.2. The Morgan fingerprint density at radius 2 is 0.583 bits per heavy atom. The van der Waals surface area contributed by atoms with Crippen LogP contribution in [0, 0.1) is 0 Å². The summed E-state index contributed by atoms with van der Waals surface area (Å²) >= 11 is 3.79. The SMILES string of the molecule is c1ccc(C2(c3ccccc3)c3ccccc3-c3ccc(-c4cccc(N(c5cccc6c5-c5ccccc5C65c6ccccc6Sc6ccccc65)c5cccc6c5-c5ccccc5C65c6ccccc6Sc6ccccc65)c4)cc32)cc1. The molecule has 5 aliphatic rings. The lowest BCUT2D eigenvalue weighted by Crippen LogP contribution is -2.32. The molecule has 0 saturated heterocycles.